The zero-order chi connectivity index (χ0) is 35.7. The van der Waals surface area contributed by atoms with Crippen LogP contribution in [-0.2, 0) is 22.4 Å². The number of benzene rings is 2. The van der Waals surface area contributed by atoms with E-state index in [2.05, 4.69) is 58.2 Å². The lowest BCUT2D eigenvalue weighted by atomic mass is 9.79. The van der Waals surface area contributed by atoms with Crippen LogP contribution >= 0.6 is 0 Å². The average molecular weight is 695 g/mol. The molecule has 51 heavy (non-hydrogen) atoms. The fourth-order valence-electron chi connectivity index (χ4n) is 9.37. The number of anilines is 2. The first-order chi connectivity index (χ1) is 24.8. The number of carbonyl (C=O) groups is 2. The van der Waals surface area contributed by atoms with Gasteiger partial charge in [0.05, 0.1) is 25.0 Å². The second-order valence-electron chi connectivity index (χ2n) is 16.1. The molecule has 0 radical (unpaired) electrons. The number of ketones is 2. The molecule has 3 aliphatic rings. The van der Waals surface area contributed by atoms with E-state index in [0.29, 0.717) is 49.7 Å². The molecule has 3 aromatic rings. The Morgan fingerprint density at radius 1 is 0.902 bits per heavy atom. The number of piperidine rings is 1. The van der Waals surface area contributed by atoms with Crippen LogP contribution in [0.15, 0.2) is 54.9 Å². The molecule has 0 bridgehead atoms. The average Bonchev–Trinajstić information content (AvgIpc) is 3.50. The van der Waals surface area contributed by atoms with E-state index in [4.69, 9.17) is 4.74 Å². The Labute approximate surface area is 306 Å². The molecule has 1 saturated heterocycles. The second-order valence-corrected chi connectivity index (χ2v) is 16.1. The second kappa shape index (κ2) is 17.7. The van der Waals surface area contributed by atoms with Crippen LogP contribution in [0, 0.1) is 36.5 Å². The molecule has 0 amide bonds. The third kappa shape index (κ3) is 9.84. The summed E-state index contributed by atoms with van der Waals surface area (Å²) in [5.41, 5.74) is 6.23. The predicted molar refractivity (Wildman–Crippen MR) is 208 cm³/mol. The van der Waals surface area contributed by atoms with E-state index >= 15 is 0 Å². The van der Waals surface area contributed by atoms with E-state index in [0.717, 1.165) is 60.7 Å². The number of methoxy groups -OCH3 is 1. The van der Waals surface area contributed by atoms with Crippen LogP contribution in [0.5, 0.6) is 5.75 Å². The molecule has 2 aliphatic carbocycles. The number of ether oxygens (including phenoxy) is 1. The van der Waals surface area contributed by atoms with Gasteiger partial charge in [-0.3, -0.25) is 14.3 Å². The lowest BCUT2D eigenvalue weighted by Crippen LogP contribution is -2.34. The standard InChI is InChI=1S/C44H62N4O3/c1-31(35-6-5-7-40(16-12-35)48-30-39(45-3)29-46-48)26-34-22-24-47(25-23-34)41-17-13-36(32(2)27-41)10-11-37-14-20-44(50)38(15-21-43(37)49)28-33-8-18-42(51-4)19-9-33/h8-9,13,17-19,27,29-31,34-35,37-38,40,45H,5-7,10-12,14-16,20-26,28H2,1-4H3/t31?,35?,37?,38-,40?/m0/s1. The number of hydrogen-bond acceptors (Lipinski definition) is 6. The highest BCUT2D eigenvalue weighted by Crippen LogP contribution is 2.38. The summed E-state index contributed by atoms with van der Waals surface area (Å²) in [7, 11) is 3.62. The lowest BCUT2D eigenvalue weighted by Gasteiger charge is -2.36. The quantitative estimate of drug-likeness (QED) is 0.191. The maximum Gasteiger partial charge on any atom is 0.136 e. The van der Waals surface area contributed by atoms with Crippen molar-refractivity contribution in [1.29, 1.82) is 0 Å². The first kappa shape index (κ1) is 37.2. The number of nitrogens with one attached hydrogen (secondary N) is 1. The zero-order valence-corrected chi connectivity index (χ0v) is 31.7. The van der Waals surface area contributed by atoms with E-state index < -0.39 is 0 Å². The monoisotopic (exact) mass is 694 g/mol. The van der Waals surface area contributed by atoms with E-state index in [1.807, 2.05) is 37.5 Å². The van der Waals surface area contributed by atoms with Gasteiger partial charge in [0.15, 0.2) is 0 Å². The number of Topliss-reactive ketones (excluding diaryl/α,β-unsaturated/α-hetero) is 2. The SMILES string of the molecule is CNc1cnn(C2CCCC(C(C)CC3CCN(c4ccc(CCC5CCC(=O)[C@H](Cc6ccc(OC)cc6)CCC5=O)c(C)c4)CC3)CC2)c1. The molecule has 4 unspecified atom stereocenters. The maximum atomic E-state index is 13.3. The number of carbonyl (C=O) groups excluding carboxylic acids is 2. The van der Waals surface area contributed by atoms with Crippen LogP contribution < -0.4 is 15.0 Å². The minimum absolute atomic E-state index is 0.0151. The summed E-state index contributed by atoms with van der Waals surface area (Å²) in [4.78, 5) is 29.0. The van der Waals surface area contributed by atoms with Gasteiger partial charge >= 0.3 is 0 Å². The van der Waals surface area contributed by atoms with Gasteiger partial charge in [0.1, 0.15) is 17.3 Å². The van der Waals surface area contributed by atoms with Gasteiger partial charge in [-0.2, -0.15) is 5.10 Å². The molecule has 6 rings (SSSR count). The Kier molecular flexibility index (Phi) is 12.9. The highest BCUT2D eigenvalue weighted by molar-refractivity contribution is 5.86. The maximum absolute atomic E-state index is 13.3. The Bertz CT molecular complexity index is 1570. The topological polar surface area (TPSA) is 76.5 Å². The van der Waals surface area contributed by atoms with Crippen molar-refractivity contribution in [2.45, 2.75) is 116 Å². The van der Waals surface area contributed by atoms with Gasteiger partial charge in [0, 0.05) is 56.7 Å². The predicted octanol–water partition coefficient (Wildman–Crippen LogP) is 9.43. The summed E-state index contributed by atoms with van der Waals surface area (Å²) in [6.07, 6.45) is 19.3. The van der Waals surface area contributed by atoms with Crippen LogP contribution in [0.3, 0.4) is 0 Å². The van der Waals surface area contributed by atoms with Crippen molar-refractivity contribution >= 4 is 22.9 Å². The fraction of sp³-hybridized carbons (Fsp3) is 0.614. The molecule has 276 valence electrons. The molecule has 7 heteroatoms. The molecule has 7 nitrogen and oxygen atoms in total. The summed E-state index contributed by atoms with van der Waals surface area (Å²) in [5.74, 6) is 3.84. The largest absolute Gasteiger partial charge is 0.497 e. The summed E-state index contributed by atoms with van der Waals surface area (Å²) >= 11 is 0. The Hall–Kier alpha value is -3.61. The van der Waals surface area contributed by atoms with Crippen LogP contribution in [-0.4, -0.2) is 48.6 Å². The van der Waals surface area contributed by atoms with Gasteiger partial charge in [-0.15, -0.1) is 0 Å². The Balaban J connectivity index is 0.929. The molecular formula is C44H62N4O3. The summed E-state index contributed by atoms with van der Waals surface area (Å²) in [6, 6.07) is 15.5. The van der Waals surface area contributed by atoms with Crippen molar-refractivity contribution in [2.24, 2.45) is 29.6 Å². The lowest BCUT2D eigenvalue weighted by molar-refractivity contribution is -0.128. The van der Waals surface area contributed by atoms with Crippen LogP contribution in [0.1, 0.15) is 113 Å². The normalized spacial score (nSPS) is 24.4. The van der Waals surface area contributed by atoms with Crippen molar-refractivity contribution in [3.05, 3.63) is 71.5 Å². The van der Waals surface area contributed by atoms with E-state index in [9.17, 15) is 9.59 Å². The van der Waals surface area contributed by atoms with Gasteiger partial charge in [0.2, 0.25) is 0 Å². The first-order valence-electron chi connectivity index (χ1n) is 20.0. The number of rotatable bonds is 12. The van der Waals surface area contributed by atoms with E-state index in [1.54, 1.807) is 7.11 Å². The van der Waals surface area contributed by atoms with Gasteiger partial charge in [0.25, 0.3) is 0 Å². The van der Waals surface area contributed by atoms with E-state index in [-0.39, 0.29) is 11.8 Å². The summed E-state index contributed by atoms with van der Waals surface area (Å²) < 4.78 is 7.47. The number of aromatic nitrogens is 2. The van der Waals surface area contributed by atoms with Crippen LogP contribution in [0.2, 0.25) is 0 Å². The van der Waals surface area contributed by atoms with Gasteiger partial charge < -0.3 is 15.0 Å². The Morgan fingerprint density at radius 3 is 2.35 bits per heavy atom. The Morgan fingerprint density at radius 2 is 1.65 bits per heavy atom. The van der Waals surface area contributed by atoms with Crippen molar-refractivity contribution in [3.63, 3.8) is 0 Å². The van der Waals surface area contributed by atoms with Crippen LogP contribution in [0.25, 0.3) is 0 Å². The molecule has 2 aromatic carbocycles. The molecule has 1 N–H and O–H groups in total. The highest BCUT2D eigenvalue weighted by Gasteiger charge is 2.30. The zero-order valence-electron chi connectivity index (χ0n) is 31.7. The molecule has 2 saturated carbocycles. The molecule has 3 fully saturated rings. The minimum Gasteiger partial charge on any atom is -0.497 e. The van der Waals surface area contributed by atoms with Crippen molar-refractivity contribution in [3.8, 4) is 5.75 Å². The highest BCUT2D eigenvalue weighted by atomic mass is 16.5. The summed E-state index contributed by atoms with van der Waals surface area (Å²) in [6.45, 7) is 7.03. The molecule has 5 atom stereocenters. The molecule has 0 spiro atoms. The van der Waals surface area contributed by atoms with E-state index in [1.165, 1.54) is 68.2 Å². The van der Waals surface area contributed by atoms with Crippen molar-refractivity contribution in [1.82, 2.24) is 9.78 Å². The van der Waals surface area contributed by atoms with Gasteiger partial charge in [-0.25, -0.2) is 0 Å². The molecule has 1 aliphatic heterocycles. The number of aryl methyl sites for hydroxylation is 2. The van der Waals surface area contributed by atoms with Crippen molar-refractivity contribution in [2.75, 3.05) is 37.5 Å². The molecule has 2 heterocycles. The number of nitrogens with zero attached hydrogens (tertiary/aromatic N) is 3. The number of hydrogen-bond donors (Lipinski definition) is 1. The smallest absolute Gasteiger partial charge is 0.136 e. The third-order valence-electron chi connectivity index (χ3n) is 12.9. The van der Waals surface area contributed by atoms with Crippen molar-refractivity contribution < 1.29 is 14.3 Å². The summed E-state index contributed by atoms with van der Waals surface area (Å²) in [5, 5.41) is 7.85. The first-order valence-corrected chi connectivity index (χ1v) is 20.0. The minimum atomic E-state index is -0.0674. The molecule has 1 aromatic heterocycles. The van der Waals surface area contributed by atoms with Gasteiger partial charge in [-0.1, -0.05) is 38.0 Å². The molecular weight excluding hydrogens is 633 g/mol. The van der Waals surface area contributed by atoms with Gasteiger partial charge in [-0.05, 0) is 136 Å². The third-order valence-corrected chi connectivity index (χ3v) is 12.9. The van der Waals surface area contributed by atoms with Crippen LogP contribution in [0.4, 0.5) is 11.4 Å². The fourth-order valence-corrected chi connectivity index (χ4v) is 9.37.